The van der Waals surface area contributed by atoms with Crippen LogP contribution in [0, 0.1) is 0 Å². The predicted octanol–water partition coefficient (Wildman–Crippen LogP) is 3.44. The van der Waals surface area contributed by atoms with Gasteiger partial charge in [-0.15, -0.1) is 0 Å². The Morgan fingerprint density at radius 2 is 1.76 bits per heavy atom. The van der Waals surface area contributed by atoms with Crippen molar-refractivity contribution >= 4 is 5.96 Å². The minimum atomic E-state index is 0.305. The molecule has 2 N–H and O–H groups in total. The molecule has 1 fully saturated rings. The quantitative estimate of drug-likeness (QED) is 0.389. The third-order valence-electron chi connectivity index (χ3n) is 6.18. The third kappa shape index (κ3) is 6.35. The van der Waals surface area contributed by atoms with E-state index in [1.54, 1.807) is 13.3 Å². The number of ether oxygens (including phenoxy) is 1. The van der Waals surface area contributed by atoms with Gasteiger partial charge in [-0.25, -0.2) is 4.98 Å². The summed E-state index contributed by atoms with van der Waals surface area (Å²) >= 11 is 0. The van der Waals surface area contributed by atoms with Crippen molar-refractivity contribution in [3.8, 4) is 5.75 Å². The van der Waals surface area contributed by atoms with Gasteiger partial charge in [0.2, 0.25) is 0 Å². The molecule has 2 heterocycles. The molecule has 3 aromatic rings. The molecule has 0 saturated carbocycles. The molecule has 0 aliphatic carbocycles. The van der Waals surface area contributed by atoms with Crippen molar-refractivity contribution in [1.29, 1.82) is 0 Å². The van der Waals surface area contributed by atoms with Crippen LogP contribution in [0.2, 0.25) is 0 Å². The van der Waals surface area contributed by atoms with E-state index in [9.17, 15) is 0 Å². The van der Waals surface area contributed by atoms with E-state index in [-0.39, 0.29) is 0 Å². The van der Waals surface area contributed by atoms with Crippen LogP contribution in [0.4, 0.5) is 0 Å². The van der Waals surface area contributed by atoms with Gasteiger partial charge in [-0.1, -0.05) is 36.4 Å². The number of nitrogens with one attached hydrogen (secondary N) is 2. The number of methoxy groups -OCH3 is 1. The zero-order valence-corrected chi connectivity index (χ0v) is 19.6. The summed E-state index contributed by atoms with van der Waals surface area (Å²) in [7, 11) is 3.53. The van der Waals surface area contributed by atoms with E-state index in [2.05, 4.69) is 66.5 Å². The molecule has 33 heavy (non-hydrogen) atoms. The first-order valence-corrected chi connectivity index (χ1v) is 11.6. The van der Waals surface area contributed by atoms with Gasteiger partial charge in [-0.05, 0) is 54.8 Å². The van der Waals surface area contributed by atoms with Crippen LogP contribution in [-0.2, 0) is 13.1 Å². The Morgan fingerprint density at radius 1 is 1.03 bits per heavy atom. The number of aromatic nitrogens is 2. The monoisotopic (exact) mass is 446 g/mol. The average Bonchev–Trinajstić information content (AvgIpc) is 3.57. The summed E-state index contributed by atoms with van der Waals surface area (Å²) in [4.78, 5) is 11.1. The van der Waals surface area contributed by atoms with Crippen LogP contribution in [0.25, 0.3) is 0 Å². The third-order valence-corrected chi connectivity index (χ3v) is 6.18. The highest BCUT2D eigenvalue weighted by Crippen LogP contribution is 2.26. The molecule has 0 spiro atoms. The second kappa shape index (κ2) is 11.5. The molecular formula is C26H34N6O. The highest BCUT2D eigenvalue weighted by atomic mass is 16.5. The summed E-state index contributed by atoms with van der Waals surface area (Å²) in [5.74, 6) is 1.70. The van der Waals surface area contributed by atoms with Crippen molar-refractivity contribution in [3.05, 3.63) is 83.9 Å². The maximum absolute atomic E-state index is 5.33. The average molecular weight is 447 g/mol. The van der Waals surface area contributed by atoms with Crippen molar-refractivity contribution in [1.82, 2.24) is 25.1 Å². The highest BCUT2D eigenvalue weighted by Gasteiger charge is 2.23. The van der Waals surface area contributed by atoms with Crippen molar-refractivity contribution in [3.63, 3.8) is 0 Å². The molecule has 1 unspecified atom stereocenters. The number of hydrogen-bond acceptors (Lipinski definition) is 4. The molecule has 7 heteroatoms. The van der Waals surface area contributed by atoms with Crippen LogP contribution >= 0.6 is 0 Å². The van der Waals surface area contributed by atoms with Gasteiger partial charge < -0.3 is 19.9 Å². The molecule has 4 rings (SSSR count). The van der Waals surface area contributed by atoms with Crippen LogP contribution in [-0.4, -0.2) is 54.2 Å². The molecule has 7 nitrogen and oxygen atoms in total. The molecule has 1 aromatic heterocycles. The Morgan fingerprint density at radius 3 is 2.39 bits per heavy atom. The van der Waals surface area contributed by atoms with Crippen LogP contribution in [0.5, 0.6) is 5.75 Å². The molecule has 174 valence electrons. The normalized spacial score (nSPS) is 15.4. The van der Waals surface area contributed by atoms with Gasteiger partial charge in [-0.2, -0.15) is 0 Å². The number of nitrogens with zero attached hydrogens (tertiary/aromatic N) is 4. The summed E-state index contributed by atoms with van der Waals surface area (Å²) in [5.41, 5.74) is 3.78. The molecule has 2 aromatic carbocycles. The van der Waals surface area contributed by atoms with E-state index >= 15 is 0 Å². The molecule has 1 saturated heterocycles. The van der Waals surface area contributed by atoms with Gasteiger partial charge in [0.15, 0.2) is 5.96 Å². The van der Waals surface area contributed by atoms with Gasteiger partial charge in [-0.3, -0.25) is 9.89 Å². The summed E-state index contributed by atoms with van der Waals surface area (Å²) < 4.78 is 7.40. The number of imidazole rings is 1. The van der Waals surface area contributed by atoms with Gasteiger partial charge in [0, 0.05) is 39.1 Å². The van der Waals surface area contributed by atoms with E-state index in [4.69, 9.17) is 4.74 Å². The van der Waals surface area contributed by atoms with Crippen LogP contribution in [0.15, 0.2) is 72.2 Å². The Balaban J connectivity index is 1.32. The van der Waals surface area contributed by atoms with Gasteiger partial charge in [0.05, 0.1) is 19.5 Å². The first-order valence-electron chi connectivity index (χ1n) is 11.6. The zero-order chi connectivity index (χ0) is 22.9. The minimum Gasteiger partial charge on any atom is -0.497 e. The maximum Gasteiger partial charge on any atom is 0.191 e. The predicted molar refractivity (Wildman–Crippen MR) is 133 cm³/mol. The molecule has 0 radical (unpaired) electrons. The Labute approximate surface area is 196 Å². The first kappa shape index (κ1) is 22.9. The maximum atomic E-state index is 5.33. The lowest BCUT2D eigenvalue weighted by Gasteiger charge is -2.29. The van der Waals surface area contributed by atoms with Crippen LogP contribution in [0.3, 0.4) is 0 Å². The summed E-state index contributed by atoms with van der Waals surface area (Å²) in [6.45, 7) is 4.63. The fourth-order valence-corrected chi connectivity index (χ4v) is 4.29. The smallest absolute Gasteiger partial charge is 0.191 e. The van der Waals surface area contributed by atoms with Gasteiger partial charge >= 0.3 is 0 Å². The van der Waals surface area contributed by atoms with Crippen molar-refractivity contribution in [2.45, 2.75) is 32.0 Å². The topological polar surface area (TPSA) is 66.7 Å². The second-order valence-corrected chi connectivity index (χ2v) is 8.39. The number of likely N-dealkylation sites (tertiary alicyclic amines) is 1. The fraction of sp³-hybridized carbons (Fsp3) is 0.385. The number of benzene rings is 2. The molecule has 0 amide bonds. The number of aliphatic imine (C=N–C) groups is 1. The summed E-state index contributed by atoms with van der Waals surface area (Å²) in [6.07, 6.45) is 8.14. The molecular weight excluding hydrogens is 412 g/mol. The Hall–Kier alpha value is -3.32. The van der Waals surface area contributed by atoms with E-state index in [0.717, 1.165) is 44.4 Å². The summed E-state index contributed by atoms with van der Waals surface area (Å²) in [5, 5.41) is 6.99. The van der Waals surface area contributed by atoms with Crippen LogP contribution in [0.1, 0.15) is 35.6 Å². The number of guanidine groups is 1. The highest BCUT2D eigenvalue weighted by molar-refractivity contribution is 5.79. The van der Waals surface area contributed by atoms with E-state index in [1.807, 2.05) is 31.7 Å². The van der Waals surface area contributed by atoms with Crippen molar-refractivity contribution in [2.24, 2.45) is 4.99 Å². The Kier molecular flexibility index (Phi) is 7.98. The lowest BCUT2D eigenvalue weighted by molar-refractivity contribution is 0.245. The zero-order valence-electron chi connectivity index (χ0n) is 19.6. The van der Waals surface area contributed by atoms with Crippen molar-refractivity contribution in [2.75, 3.05) is 33.8 Å². The number of hydrogen-bond donors (Lipinski definition) is 2. The lowest BCUT2D eigenvalue weighted by Crippen LogP contribution is -2.42. The van der Waals surface area contributed by atoms with E-state index < -0.39 is 0 Å². The largest absolute Gasteiger partial charge is 0.497 e. The fourth-order valence-electron chi connectivity index (χ4n) is 4.29. The summed E-state index contributed by atoms with van der Waals surface area (Å²) in [6, 6.07) is 17.4. The van der Waals surface area contributed by atoms with Gasteiger partial charge in [0.1, 0.15) is 5.75 Å². The van der Waals surface area contributed by atoms with E-state index in [1.165, 1.54) is 29.5 Å². The van der Waals surface area contributed by atoms with Crippen molar-refractivity contribution < 1.29 is 4.74 Å². The SMILES string of the molecule is CN=C(NCc1ccc(Cn2ccnc2)cc1)NCC(c1ccc(OC)cc1)N1CCCC1. The minimum absolute atomic E-state index is 0.305. The lowest BCUT2D eigenvalue weighted by atomic mass is 10.1. The molecule has 1 aliphatic rings. The van der Waals surface area contributed by atoms with Gasteiger partial charge in [0.25, 0.3) is 0 Å². The second-order valence-electron chi connectivity index (χ2n) is 8.39. The standard InChI is InChI=1S/C26H34N6O/c1-27-26(29-17-21-5-7-22(8-6-21)19-31-16-13-28-20-31)30-18-25(32-14-3-4-15-32)23-9-11-24(33-2)12-10-23/h5-13,16,20,25H,3-4,14-15,17-19H2,1-2H3,(H2,27,29,30). The Bertz CT molecular complexity index is 992. The molecule has 0 bridgehead atoms. The first-order chi connectivity index (χ1) is 16.2. The molecule has 1 atom stereocenters. The van der Waals surface area contributed by atoms with Crippen LogP contribution < -0.4 is 15.4 Å². The molecule has 1 aliphatic heterocycles. The number of rotatable bonds is 9. The van der Waals surface area contributed by atoms with E-state index in [0.29, 0.717) is 6.04 Å².